The van der Waals surface area contributed by atoms with Crippen LogP contribution in [0.25, 0.3) is 11.1 Å². The summed E-state index contributed by atoms with van der Waals surface area (Å²) in [5.74, 6) is -0.308. The zero-order valence-electron chi connectivity index (χ0n) is 15.7. The number of oxazole rings is 1. The van der Waals surface area contributed by atoms with Crippen molar-refractivity contribution in [2.45, 2.75) is 26.1 Å². The van der Waals surface area contributed by atoms with E-state index < -0.39 is 0 Å². The molecule has 0 spiro atoms. The summed E-state index contributed by atoms with van der Waals surface area (Å²) in [6.07, 6.45) is 1.09. The molecular weight excluding hydrogens is 326 g/mol. The Morgan fingerprint density at radius 3 is 2.69 bits per heavy atom. The lowest BCUT2D eigenvalue weighted by Gasteiger charge is -2.29. The molecule has 0 bridgehead atoms. The molecule has 0 atom stereocenters. The van der Waals surface area contributed by atoms with Gasteiger partial charge in [-0.2, -0.15) is 0 Å². The lowest BCUT2D eigenvalue weighted by atomic mass is 9.96. The molecular formula is C21H25N3O2. The van der Waals surface area contributed by atoms with Crippen LogP contribution in [0.15, 0.2) is 45.6 Å². The van der Waals surface area contributed by atoms with E-state index in [-0.39, 0.29) is 5.76 Å². The summed E-state index contributed by atoms with van der Waals surface area (Å²) in [5.41, 5.74) is 7.01. The molecule has 1 aromatic heterocycles. The molecule has 0 fully saturated rings. The summed E-state index contributed by atoms with van der Waals surface area (Å²) < 4.78 is 6.79. The highest BCUT2D eigenvalue weighted by molar-refractivity contribution is 5.73. The Hall–Kier alpha value is -2.37. The standard InChI is InChI=1S/C21H25N3O2/c1-22(2)12-15-4-6-18-14-24(9-8-17(18)10-15)13-16-5-7-20-19(11-16)23(3)21(25)26-20/h4-7,10-11H,8-9,12-14H2,1-3H3. The van der Waals surface area contributed by atoms with Gasteiger partial charge in [0.15, 0.2) is 5.58 Å². The van der Waals surface area contributed by atoms with Gasteiger partial charge in [-0.25, -0.2) is 4.79 Å². The number of rotatable bonds is 4. The molecule has 3 aromatic rings. The van der Waals surface area contributed by atoms with Crippen molar-refractivity contribution in [1.82, 2.24) is 14.4 Å². The van der Waals surface area contributed by atoms with Gasteiger partial charge in [-0.15, -0.1) is 0 Å². The summed E-state index contributed by atoms with van der Waals surface area (Å²) in [4.78, 5) is 16.3. The number of nitrogens with zero attached hydrogens (tertiary/aromatic N) is 3. The van der Waals surface area contributed by atoms with Crippen LogP contribution in [0.3, 0.4) is 0 Å². The summed E-state index contributed by atoms with van der Waals surface area (Å²) in [7, 11) is 5.96. The zero-order valence-corrected chi connectivity index (χ0v) is 15.7. The fraction of sp³-hybridized carbons (Fsp3) is 0.381. The Morgan fingerprint density at radius 2 is 1.88 bits per heavy atom. The predicted molar refractivity (Wildman–Crippen MR) is 103 cm³/mol. The first kappa shape index (κ1) is 17.1. The highest BCUT2D eigenvalue weighted by Gasteiger charge is 2.17. The van der Waals surface area contributed by atoms with Crippen LogP contribution in [-0.4, -0.2) is 35.0 Å². The minimum Gasteiger partial charge on any atom is -0.408 e. The van der Waals surface area contributed by atoms with Gasteiger partial charge in [0.2, 0.25) is 0 Å². The van der Waals surface area contributed by atoms with Crippen molar-refractivity contribution >= 4 is 11.1 Å². The number of fused-ring (bicyclic) bond motifs is 2. The lowest BCUT2D eigenvalue weighted by Crippen LogP contribution is -2.30. The van der Waals surface area contributed by atoms with Crippen LogP contribution < -0.4 is 5.76 Å². The summed E-state index contributed by atoms with van der Waals surface area (Å²) in [5, 5.41) is 0. The number of aryl methyl sites for hydroxylation is 1. The monoisotopic (exact) mass is 351 g/mol. The Labute approximate surface area is 153 Å². The van der Waals surface area contributed by atoms with Gasteiger partial charge >= 0.3 is 5.76 Å². The largest absolute Gasteiger partial charge is 0.419 e. The zero-order chi connectivity index (χ0) is 18.3. The molecule has 136 valence electrons. The van der Waals surface area contributed by atoms with Crippen LogP contribution in [0.5, 0.6) is 0 Å². The van der Waals surface area contributed by atoms with Crippen molar-refractivity contribution in [2.24, 2.45) is 7.05 Å². The van der Waals surface area contributed by atoms with Gasteiger partial charge in [-0.05, 0) is 54.9 Å². The van der Waals surface area contributed by atoms with E-state index in [0.29, 0.717) is 5.58 Å². The van der Waals surface area contributed by atoms with Crippen LogP contribution in [0.4, 0.5) is 0 Å². The maximum Gasteiger partial charge on any atom is 0.419 e. The Balaban J connectivity index is 1.50. The molecule has 2 heterocycles. The summed E-state index contributed by atoms with van der Waals surface area (Å²) >= 11 is 0. The lowest BCUT2D eigenvalue weighted by molar-refractivity contribution is 0.245. The molecule has 0 unspecified atom stereocenters. The second kappa shape index (κ2) is 6.74. The quantitative estimate of drug-likeness (QED) is 0.725. The van der Waals surface area contributed by atoms with Crippen molar-refractivity contribution in [2.75, 3.05) is 20.6 Å². The molecule has 2 aromatic carbocycles. The van der Waals surface area contributed by atoms with Gasteiger partial charge in [0, 0.05) is 33.2 Å². The highest BCUT2D eigenvalue weighted by atomic mass is 16.4. The van der Waals surface area contributed by atoms with E-state index in [1.54, 1.807) is 11.6 Å². The number of aromatic nitrogens is 1. The fourth-order valence-electron chi connectivity index (χ4n) is 3.79. The van der Waals surface area contributed by atoms with Gasteiger partial charge in [0.05, 0.1) is 5.52 Å². The SMILES string of the molecule is CN(C)Cc1ccc2c(c1)CCN(Cc1ccc3oc(=O)n(C)c3c1)C2. The van der Waals surface area contributed by atoms with Crippen molar-refractivity contribution in [1.29, 1.82) is 0 Å². The van der Waals surface area contributed by atoms with Crippen molar-refractivity contribution < 1.29 is 4.42 Å². The van der Waals surface area contributed by atoms with E-state index in [9.17, 15) is 4.79 Å². The molecule has 4 rings (SSSR count). The average Bonchev–Trinajstić information content (AvgIpc) is 2.89. The van der Waals surface area contributed by atoms with E-state index in [0.717, 1.165) is 38.1 Å². The molecule has 26 heavy (non-hydrogen) atoms. The minimum atomic E-state index is -0.308. The third-order valence-electron chi connectivity index (χ3n) is 5.12. The molecule has 0 N–H and O–H groups in total. The van der Waals surface area contributed by atoms with Gasteiger partial charge < -0.3 is 9.32 Å². The maximum absolute atomic E-state index is 11.7. The molecule has 5 nitrogen and oxygen atoms in total. The van der Waals surface area contributed by atoms with Gasteiger partial charge in [0.1, 0.15) is 0 Å². The second-order valence-electron chi connectivity index (χ2n) is 7.53. The second-order valence-corrected chi connectivity index (χ2v) is 7.53. The summed E-state index contributed by atoms with van der Waals surface area (Å²) in [6.45, 7) is 3.90. The normalized spacial score (nSPS) is 14.9. The molecule has 0 aliphatic carbocycles. The first-order chi connectivity index (χ1) is 12.5. The molecule has 0 radical (unpaired) electrons. The van der Waals surface area contributed by atoms with Crippen LogP contribution in [0.2, 0.25) is 0 Å². The van der Waals surface area contributed by atoms with Gasteiger partial charge in [-0.3, -0.25) is 9.47 Å². The van der Waals surface area contributed by atoms with Gasteiger partial charge in [0.25, 0.3) is 0 Å². The molecule has 1 aliphatic rings. The minimum absolute atomic E-state index is 0.308. The first-order valence-electron chi connectivity index (χ1n) is 9.06. The Kier molecular flexibility index (Phi) is 4.42. The van der Waals surface area contributed by atoms with Crippen LogP contribution in [0, 0.1) is 0 Å². The predicted octanol–water partition coefficient (Wildman–Crippen LogP) is 2.75. The topological polar surface area (TPSA) is 41.6 Å². The van der Waals surface area contributed by atoms with Crippen LogP contribution in [-0.2, 0) is 33.1 Å². The van der Waals surface area contributed by atoms with E-state index in [1.807, 2.05) is 6.07 Å². The van der Waals surface area contributed by atoms with E-state index in [1.165, 1.54) is 22.3 Å². The summed E-state index contributed by atoms with van der Waals surface area (Å²) in [6, 6.07) is 12.9. The van der Waals surface area contributed by atoms with Crippen LogP contribution >= 0.6 is 0 Å². The average molecular weight is 351 g/mol. The smallest absolute Gasteiger partial charge is 0.408 e. The maximum atomic E-state index is 11.7. The van der Waals surface area contributed by atoms with Crippen molar-refractivity contribution in [3.8, 4) is 0 Å². The van der Waals surface area contributed by atoms with Gasteiger partial charge in [-0.1, -0.05) is 24.3 Å². The molecule has 5 heteroatoms. The van der Waals surface area contributed by atoms with E-state index in [4.69, 9.17) is 4.42 Å². The fourth-order valence-corrected chi connectivity index (χ4v) is 3.79. The van der Waals surface area contributed by atoms with Crippen LogP contribution in [0.1, 0.15) is 22.3 Å². The third-order valence-corrected chi connectivity index (χ3v) is 5.12. The molecule has 0 saturated carbocycles. The van der Waals surface area contributed by atoms with E-state index >= 15 is 0 Å². The Morgan fingerprint density at radius 1 is 1.08 bits per heavy atom. The number of benzene rings is 2. The Bertz CT molecular complexity index is 1000. The van der Waals surface area contributed by atoms with Crippen molar-refractivity contribution in [3.05, 3.63) is 69.2 Å². The van der Waals surface area contributed by atoms with E-state index in [2.05, 4.69) is 54.2 Å². The molecule has 1 aliphatic heterocycles. The van der Waals surface area contributed by atoms with Crippen molar-refractivity contribution in [3.63, 3.8) is 0 Å². The number of hydrogen-bond acceptors (Lipinski definition) is 4. The third kappa shape index (κ3) is 3.32. The number of hydrogen-bond donors (Lipinski definition) is 0. The molecule has 0 amide bonds. The molecule has 0 saturated heterocycles. The highest BCUT2D eigenvalue weighted by Crippen LogP contribution is 2.23. The first-order valence-corrected chi connectivity index (χ1v) is 9.06.